The molecule has 1 aromatic rings. The van der Waals surface area contributed by atoms with E-state index in [1.54, 1.807) is 10.7 Å². The van der Waals surface area contributed by atoms with Crippen LogP contribution >= 0.6 is 0 Å². The fraction of sp³-hybridized carbons (Fsp3) is 0.636. The summed E-state index contributed by atoms with van der Waals surface area (Å²) in [6.07, 6.45) is 1.35. The molecule has 0 aliphatic carbocycles. The van der Waals surface area contributed by atoms with Gasteiger partial charge < -0.3 is 10.4 Å². The number of hydrogen-bond donors (Lipinski definition) is 3. The van der Waals surface area contributed by atoms with Crippen molar-refractivity contribution in [2.75, 3.05) is 11.9 Å². The van der Waals surface area contributed by atoms with Crippen LogP contribution in [0.1, 0.15) is 25.5 Å². The smallest absolute Gasteiger partial charge is 0.320 e. The van der Waals surface area contributed by atoms with Gasteiger partial charge in [0.25, 0.3) is 0 Å². The molecule has 0 aromatic carbocycles. The zero-order valence-corrected chi connectivity index (χ0v) is 10.5. The number of amides is 2. The summed E-state index contributed by atoms with van der Waals surface area (Å²) in [5, 5.41) is 18.4. The van der Waals surface area contributed by atoms with Crippen molar-refractivity contribution in [1.29, 1.82) is 0 Å². The van der Waals surface area contributed by atoms with Crippen molar-refractivity contribution >= 4 is 11.8 Å². The second-order valence-corrected chi connectivity index (χ2v) is 4.01. The zero-order valence-electron chi connectivity index (χ0n) is 10.5. The number of nitrogens with zero attached hydrogens (tertiary/aromatic N) is 2. The third-order valence-electron chi connectivity index (χ3n) is 2.66. The number of urea groups is 1. The lowest BCUT2D eigenvalue weighted by molar-refractivity contribution is 0.237. The topological polar surface area (TPSA) is 79.2 Å². The first-order valence-electron chi connectivity index (χ1n) is 5.75. The summed E-state index contributed by atoms with van der Waals surface area (Å²) >= 11 is 0. The maximum atomic E-state index is 11.6. The van der Waals surface area contributed by atoms with E-state index in [4.69, 9.17) is 5.11 Å². The monoisotopic (exact) mass is 240 g/mol. The molecule has 6 nitrogen and oxygen atoms in total. The van der Waals surface area contributed by atoms with Crippen molar-refractivity contribution in [2.45, 2.75) is 32.7 Å². The Morgan fingerprint density at radius 3 is 2.82 bits per heavy atom. The predicted octanol–water partition coefficient (Wildman–Crippen LogP) is 1.01. The second kappa shape index (κ2) is 6.24. The molecule has 0 fully saturated rings. The van der Waals surface area contributed by atoms with E-state index < -0.39 is 0 Å². The fourth-order valence-electron chi connectivity index (χ4n) is 1.49. The van der Waals surface area contributed by atoms with Gasteiger partial charge in [-0.1, -0.05) is 6.92 Å². The molecule has 1 aromatic heterocycles. The summed E-state index contributed by atoms with van der Waals surface area (Å²) < 4.78 is 1.70. The van der Waals surface area contributed by atoms with Crippen molar-refractivity contribution in [1.82, 2.24) is 15.1 Å². The van der Waals surface area contributed by atoms with E-state index in [0.29, 0.717) is 12.2 Å². The minimum absolute atomic E-state index is 0.00944. The second-order valence-electron chi connectivity index (χ2n) is 4.01. The van der Waals surface area contributed by atoms with Crippen LogP contribution < -0.4 is 10.6 Å². The van der Waals surface area contributed by atoms with Crippen LogP contribution in [0.2, 0.25) is 0 Å². The van der Waals surface area contributed by atoms with Gasteiger partial charge in [0.2, 0.25) is 0 Å². The molecule has 17 heavy (non-hydrogen) atoms. The van der Waals surface area contributed by atoms with Crippen molar-refractivity contribution in [2.24, 2.45) is 7.05 Å². The SMILES string of the molecule is CCC(CCO)NC(=O)Nc1cc(C)n(C)n1. The lowest BCUT2D eigenvalue weighted by Gasteiger charge is -2.15. The molecule has 1 heterocycles. The van der Waals surface area contributed by atoms with Gasteiger partial charge in [-0.3, -0.25) is 10.00 Å². The Kier molecular flexibility index (Phi) is 4.96. The standard InChI is InChI=1S/C11H20N4O2/c1-4-9(5-6-16)12-11(17)13-10-7-8(2)15(3)14-10/h7,9,16H,4-6H2,1-3H3,(H2,12,13,14,17). The molecular weight excluding hydrogens is 220 g/mol. The molecule has 0 bridgehead atoms. The van der Waals surface area contributed by atoms with Crippen LogP contribution in [0.3, 0.4) is 0 Å². The molecule has 1 unspecified atom stereocenters. The maximum Gasteiger partial charge on any atom is 0.320 e. The highest BCUT2D eigenvalue weighted by molar-refractivity contribution is 5.88. The number of aliphatic hydroxyl groups excluding tert-OH is 1. The van der Waals surface area contributed by atoms with Crippen LogP contribution in [0.25, 0.3) is 0 Å². The van der Waals surface area contributed by atoms with Gasteiger partial charge in [-0.15, -0.1) is 0 Å². The number of carbonyl (C=O) groups excluding carboxylic acids is 1. The third kappa shape index (κ3) is 4.07. The molecule has 2 amide bonds. The molecule has 0 saturated heterocycles. The summed E-state index contributed by atoms with van der Waals surface area (Å²) in [6, 6.07) is 1.50. The van der Waals surface area contributed by atoms with Crippen LogP contribution in [-0.4, -0.2) is 33.6 Å². The minimum atomic E-state index is -0.289. The lowest BCUT2D eigenvalue weighted by atomic mass is 10.2. The Balaban J connectivity index is 2.48. The number of rotatable bonds is 5. The Hall–Kier alpha value is -1.56. The lowest BCUT2D eigenvalue weighted by Crippen LogP contribution is -2.38. The quantitative estimate of drug-likeness (QED) is 0.718. The van der Waals surface area contributed by atoms with Crippen molar-refractivity contribution < 1.29 is 9.90 Å². The highest BCUT2D eigenvalue weighted by atomic mass is 16.3. The number of aryl methyl sites for hydroxylation is 2. The van der Waals surface area contributed by atoms with E-state index >= 15 is 0 Å². The Morgan fingerprint density at radius 2 is 2.35 bits per heavy atom. The average molecular weight is 240 g/mol. The van der Waals surface area contributed by atoms with E-state index in [-0.39, 0.29) is 18.7 Å². The molecular formula is C11H20N4O2. The number of aliphatic hydroxyl groups is 1. The van der Waals surface area contributed by atoms with Gasteiger partial charge in [0.1, 0.15) is 0 Å². The van der Waals surface area contributed by atoms with E-state index in [0.717, 1.165) is 12.1 Å². The van der Waals surface area contributed by atoms with Crippen LogP contribution in [0, 0.1) is 6.92 Å². The van der Waals surface area contributed by atoms with Gasteiger partial charge >= 0.3 is 6.03 Å². The van der Waals surface area contributed by atoms with Gasteiger partial charge in [-0.2, -0.15) is 5.10 Å². The molecule has 0 saturated carbocycles. The number of anilines is 1. The largest absolute Gasteiger partial charge is 0.396 e. The number of nitrogens with one attached hydrogen (secondary N) is 2. The van der Waals surface area contributed by atoms with Crippen LogP contribution in [0.5, 0.6) is 0 Å². The summed E-state index contributed by atoms with van der Waals surface area (Å²) in [5.74, 6) is 0.529. The average Bonchev–Trinajstić information content (AvgIpc) is 2.57. The molecule has 0 spiro atoms. The number of aromatic nitrogens is 2. The maximum absolute atomic E-state index is 11.6. The molecule has 0 aliphatic rings. The van der Waals surface area contributed by atoms with Gasteiger partial charge in [0, 0.05) is 31.5 Å². The Labute approximate surface area is 101 Å². The van der Waals surface area contributed by atoms with E-state index in [1.807, 2.05) is 20.9 Å². The van der Waals surface area contributed by atoms with Crippen molar-refractivity contribution in [3.05, 3.63) is 11.8 Å². The third-order valence-corrected chi connectivity index (χ3v) is 2.66. The van der Waals surface area contributed by atoms with E-state index in [2.05, 4.69) is 15.7 Å². The molecule has 6 heteroatoms. The van der Waals surface area contributed by atoms with Crippen LogP contribution in [-0.2, 0) is 7.05 Å². The molecule has 1 rings (SSSR count). The zero-order chi connectivity index (χ0) is 12.8. The first kappa shape index (κ1) is 13.5. The summed E-state index contributed by atoms with van der Waals surface area (Å²) in [4.78, 5) is 11.6. The molecule has 0 aliphatic heterocycles. The van der Waals surface area contributed by atoms with Crippen LogP contribution in [0.4, 0.5) is 10.6 Å². The van der Waals surface area contributed by atoms with Crippen molar-refractivity contribution in [3.63, 3.8) is 0 Å². The van der Waals surface area contributed by atoms with Gasteiger partial charge in [-0.25, -0.2) is 4.79 Å². The molecule has 1 atom stereocenters. The highest BCUT2D eigenvalue weighted by Crippen LogP contribution is 2.06. The van der Waals surface area contributed by atoms with Crippen LogP contribution in [0.15, 0.2) is 6.07 Å². The molecule has 3 N–H and O–H groups in total. The minimum Gasteiger partial charge on any atom is -0.396 e. The van der Waals surface area contributed by atoms with Gasteiger partial charge in [0.05, 0.1) is 0 Å². The van der Waals surface area contributed by atoms with Gasteiger partial charge in [-0.05, 0) is 19.8 Å². The first-order valence-corrected chi connectivity index (χ1v) is 5.75. The summed E-state index contributed by atoms with van der Waals surface area (Å²) in [5.41, 5.74) is 0.975. The first-order chi connectivity index (χ1) is 8.06. The number of carbonyl (C=O) groups is 1. The number of hydrogen-bond acceptors (Lipinski definition) is 3. The Morgan fingerprint density at radius 1 is 1.65 bits per heavy atom. The summed E-state index contributed by atoms with van der Waals surface area (Å²) in [6.45, 7) is 3.95. The summed E-state index contributed by atoms with van der Waals surface area (Å²) in [7, 11) is 1.82. The highest BCUT2D eigenvalue weighted by Gasteiger charge is 2.11. The van der Waals surface area contributed by atoms with E-state index in [9.17, 15) is 4.79 Å². The predicted molar refractivity (Wildman–Crippen MR) is 65.9 cm³/mol. The fourth-order valence-corrected chi connectivity index (χ4v) is 1.49. The van der Waals surface area contributed by atoms with Crippen molar-refractivity contribution in [3.8, 4) is 0 Å². The van der Waals surface area contributed by atoms with E-state index in [1.165, 1.54) is 0 Å². The normalized spacial score (nSPS) is 12.2. The molecule has 96 valence electrons. The van der Waals surface area contributed by atoms with Gasteiger partial charge in [0.15, 0.2) is 5.82 Å². The Bertz CT molecular complexity index is 356. The molecule has 0 radical (unpaired) electrons.